The summed E-state index contributed by atoms with van der Waals surface area (Å²) in [5.74, 6) is 0. The summed E-state index contributed by atoms with van der Waals surface area (Å²) in [6.45, 7) is 12.2. The van der Waals surface area contributed by atoms with Crippen LogP contribution in [-0.2, 0) is 0 Å². The minimum absolute atomic E-state index is 0.483. The molecule has 0 heterocycles. The number of hydrogen-bond acceptors (Lipinski definition) is 2. The quantitative estimate of drug-likeness (QED) is 0.727. The molecule has 1 unspecified atom stereocenters. The molecule has 0 bridgehead atoms. The Balaban J connectivity index is 2.75. The second kappa shape index (κ2) is 9.11. The highest BCUT2D eigenvalue weighted by atomic mass is 15.2. The first-order valence-electron chi connectivity index (χ1n) is 7.79. The predicted octanol–water partition coefficient (Wildman–Crippen LogP) is 3.85. The van der Waals surface area contributed by atoms with Gasteiger partial charge in [0, 0.05) is 18.6 Å². The van der Waals surface area contributed by atoms with E-state index in [1.807, 2.05) is 0 Å². The summed E-state index contributed by atoms with van der Waals surface area (Å²) in [6.07, 6.45) is 2.41. The highest BCUT2D eigenvalue weighted by Gasteiger charge is 2.18. The van der Waals surface area contributed by atoms with Gasteiger partial charge in [-0.15, -0.1) is 0 Å². The first kappa shape index (κ1) is 16.2. The van der Waals surface area contributed by atoms with E-state index in [4.69, 9.17) is 0 Å². The molecule has 1 aromatic carbocycles. The van der Waals surface area contributed by atoms with Gasteiger partial charge in [-0.1, -0.05) is 58.0 Å². The van der Waals surface area contributed by atoms with E-state index in [1.165, 1.54) is 18.4 Å². The molecule has 0 fully saturated rings. The van der Waals surface area contributed by atoms with E-state index in [9.17, 15) is 0 Å². The summed E-state index contributed by atoms with van der Waals surface area (Å²) < 4.78 is 0. The lowest BCUT2D eigenvalue weighted by molar-refractivity contribution is 0.207. The van der Waals surface area contributed by atoms with Gasteiger partial charge in [-0.3, -0.25) is 4.90 Å². The average molecular weight is 262 g/mol. The summed E-state index contributed by atoms with van der Waals surface area (Å²) in [4.78, 5) is 2.53. The Morgan fingerprint density at radius 1 is 0.947 bits per heavy atom. The van der Waals surface area contributed by atoms with Crippen molar-refractivity contribution in [2.45, 2.75) is 52.6 Å². The van der Waals surface area contributed by atoms with Crippen molar-refractivity contribution in [3.05, 3.63) is 35.9 Å². The molecule has 1 atom stereocenters. The topological polar surface area (TPSA) is 15.3 Å². The smallest absolute Gasteiger partial charge is 0.0472 e. The van der Waals surface area contributed by atoms with Crippen molar-refractivity contribution in [3.8, 4) is 0 Å². The molecule has 2 heteroatoms. The van der Waals surface area contributed by atoms with Gasteiger partial charge >= 0.3 is 0 Å². The molecule has 0 amide bonds. The van der Waals surface area contributed by atoms with Gasteiger partial charge in [-0.25, -0.2) is 0 Å². The van der Waals surface area contributed by atoms with Crippen LogP contribution in [0.4, 0.5) is 0 Å². The zero-order valence-corrected chi connectivity index (χ0v) is 13.0. The molecule has 0 saturated carbocycles. The lowest BCUT2D eigenvalue weighted by Crippen LogP contribution is -2.39. The van der Waals surface area contributed by atoms with Gasteiger partial charge in [0.2, 0.25) is 0 Å². The third kappa shape index (κ3) is 4.96. The van der Waals surface area contributed by atoms with Crippen LogP contribution in [0.15, 0.2) is 30.3 Å². The molecular formula is C17H30N2. The van der Waals surface area contributed by atoms with Gasteiger partial charge in [0.25, 0.3) is 0 Å². The summed E-state index contributed by atoms with van der Waals surface area (Å²) in [5, 5.41) is 3.73. The van der Waals surface area contributed by atoms with Crippen LogP contribution in [-0.4, -0.2) is 30.6 Å². The van der Waals surface area contributed by atoms with E-state index < -0.39 is 0 Å². The fourth-order valence-corrected chi connectivity index (χ4v) is 2.65. The maximum absolute atomic E-state index is 3.73. The third-order valence-corrected chi connectivity index (χ3v) is 4.02. The molecular weight excluding hydrogens is 232 g/mol. The van der Waals surface area contributed by atoms with Gasteiger partial charge in [0.05, 0.1) is 0 Å². The zero-order chi connectivity index (χ0) is 14.1. The van der Waals surface area contributed by atoms with Crippen molar-refractivity contribution < 1.29 is 0 Å². The van der Waals surface area contributed by atoms with E-state index in [-0.39, 0.29) is 0 Å². The zero-order valence-electron chi connectivity index (χ0n) is 13.0. The molecule has 0 saturated heterocycles. The number of likely N-dealkylation sites (N-methyl/N-ethyl adjacent to an activating group) is 1. The van der Waals surface area contributed by atoms with E-state index in [0.29, 0.717) is 12.1 Å². The van der Waals surface area contributed by atoms with Crippen molar-refractivity contribution in [1.29, 1.82) is 0 Å². The van der Waals surface area contributed by atoms with Crippen molar-refractivity contribution in [2.75, 3.05) is 19.6 Å². The van der Waals surface area contributed by atoms with Crippen LogP contribution in [0.1, 0.15) is 52.1 Å². The summed E-state index contributed by atoms with van der Waals surface area (Å²) >= 11 is 0. The Morgan fingerprint density at radius 3 is 2.00 bits per heavy atom. The van der Waals surface area contributed by atoms with Crippen molar-refractivity contribution in [1.82, 2.24) is 10.2 Å². The van der Waals surface area contributed by atoms with Crippen LogP contribution in [0.2, 0.25) is 0 Å². The van der Waals surface area contributed by atoms with Gasteiger partial charge in [-0.2, -0.15) is 0 Å². The summed E-state index contributed by atoms with van der Waals surface area (Å²) in [6, 6.07) is 12.0. The minimum Gasteiger partial charge on any atom is -0.312 e. The first-order chi connectivity index (χ1) is 9.26. The lowest BCUT2D eigenvalue weighted by Gasteiger charge is -2.31. The summed E-state index contributed by atoms with van der Waals surface area (Å²) in [5.41, 5.74) is 1.42. The maximum atomic E-state index is 3.73. The van der Waals surface area contributed by atoms with E-state index in [0.717, 1.165) is 19.6 Å². The molecule has 108 valence electrons. The van der Waals surface area contributed by atoms with Crippen LogP contribution in [0.3, 0.4) is 0 Å². The normalized spacial score (nSPS) is 13.2. The van der Waals surface area contributed by atoms with Crippen molar-refractivity contribution >= 4 is 0 Å². The molecule has 0 aliphatic carbocycles. The fraction of sp³-hybridized carbons (Fsp3) is 0.647. The number of hydrogen-bond donors (Lipinski definition) is 1. The highest BCUT2D eigenvalue weighted by Crippen LogP contribution is 2.19. The van der Waals surface area contributed by atoms with Crippen LogP contribution in [0.5, 0.6) is 0 Å². The monoisotopic (exact) mass is 262 g/mol. The van der Waals surface area contributed by atoms with Gasteiger partial charge in [0.1, 0.15) is 0 Å². The first-order valence-corrected chi connectivity index (χ1v) is 7.79. The standard InChI is InChI=1S/C17H30N2/c1-5-16(6-2)18-14-17(19(7-3)8-4)15-12-10-9-11-13-15/h9-13,16-18H,5-8,14H2,1-4H3. The van der Waals surface area contributed by atoms with E-state index in [1.54, 1.807) is 0 Å². The van der Waals surface area contributed by atoms with Crippen molar-refractivity contribution in [2.24, 2.45) is 0 Å². The predicted molar refractivity (Wildman–Crippen MR) is 84.5 cm³/mol. The Bertz CT molecular complexity index is 315. The van der Waals surface area contributed by atoms with Crippen LogP contribution < -0.4 is 5.32 Å². The van der Waals surface area contributed by atoms with Gasteiger partial charge in [-0.05, 0) is 31.5 Å². The van der Waals surface area contributed by atoms with Crippen LogP contribution in [0.25, 0.3) is 0 Å². The Hall–Kier alpha value is -0.860. The SMILES string of the molecule is CCC(CC)NCC(c1ccccc1)N(CC)CC. The largest absolute Gasteiger partial charge is 0.312 e. The molecule has 0 aromatic heterocycles. The lowest BCUT2D eigenvalue weighted by atomic mass is 10.0. The Morgan fingerprint density at radius 2 is 1.53 bits per heavy atom. The van der Waals surface area contributed by atoms with Gasteiger partial charge < -0.3 is 5.32 Å². The Labute approximate surface area is 119 Å². The fourth-order valence-electron chi connectivity index (χ4n) is 2.65. The highest BCUT2D eigenvalue weighted by molar-refractivity contribution is 5.19. The molecule has 0 radical (unpaired) electrons. The summed E-state index contributed by atoms with van der Waals surface area (Å²) in [7, 11) is 0. The van der Waals surface area contributed by atoms with Gasteiger partial charge in [0.15, 0.2) is 0 Å². The maximum Gasteiger partial charge on any atom is 0.0472 e. The molecule has 1 N–H and O–H groups in total. The van der Waals surface area contributed by atoms with Crippen LogP contribution in [0, 0.1) is 0 Å². The van der Waals surface area contributed by atoms with E-state index >= 15 is 0 Å². The molecule has 1 aromatic rings. The number of rotatable bonds is 9. The second-order valence-electron chi connectivity index (χ2n) is 5.07. The minimum atomic E-state index is 0.483. The van der Waals surface area contributed by atoms with Crippen LogP contribution >= 0.6 is 0 Å². The molecule has 0 aliphatic heterocycles. The average Bonchev–Trinajstić information content (AvgIpc) is 2.48. The molecule has 19 heavy (non-hydrogen) atoms. The number of nitrogens with one attached hydrogen (secondary N) is 1. The molecule has 0 aliphatic rings. The number of nitrogens with zero attached hydrogens (tertiary/aromatic N) is 1. The van der Waals surface area contributed by atoms with Crippen molar-refractivity contribution in [3.63, 3.8) is 0 Å². The molecule has 2 nitrogen and oxygen atoms in total. The third-order valence-electron chi connectivity index (χ3n) is 4.02. The van der Waals surface area contributed by atoms with E-state index in [2.05, 4.69) is 68.2 Å². The Kier molecular flexibility index (Phi) is 7.76. The second-order valence-corrected chi connectivity index (χ2v) is 5.07. The number of benzene rings is 1. The molecule has 0 spiro atoms. The molecule has 1 rings (SSSR count).